The molecule has 1 aromatic heterocycles. The highest BCUT2D eigenvalue weighted by Gasteiger charge is 2.36. The first-order valence-corrected chi connectivity index (χ1v) is 11.7. The summed E-state index contributed by atoms with van der Waals surface area (Å²) in [5, 5.41) is 12.7. The van der Waals surface area contributed by atoms with E-state index in [9.17, 15) is 5.11 Å². The summed E-state index contributed by atoms with van der Waals surface area (Å²) in [7, 11) is 0.376. The Kier molecular flexibility index (Phi) is 5.59. The minimum absolute atomic E-state index is 0.376. The number of hydrogen-bond donors (Lipinski definition) is 1. The third-order valence-corrected chi connectivity index (χ3v) is 6.95. The lowest BCUT2D eigenvalue weighted by molar-refractivity contribution is -0.0893. The van der Waals surface area contributed by atoms with Crippen molar-refractivity contribution in [2.45, 2.75) is 38.9 Å². The molecule has 0 saturated heterocycles. The lowest BCUT2D eigenvalue weighted by Crippen LogP contribution is -2.49. The summed E-state index contributed by atoms with van der Waals surface area (Å²) < 4.78 is 12.5. The zero-order valence-electron chi connectivity index (χ0n) is 20.1. The largest absolute Gasteiger partial charge is 0.456 e. The summed E-state index contributed by atoms with van der Waals surface area (Å²) in [6, 6.07) is 31.4. The average Bonchev–Trinajstić information content (AvgIpc) is 3.22. The number of hydrogen-bond acceptors (Lipinski definition) is 3. The van der Waals surface area contributed by atoms with Crippen molar-refractivity contribution in [3.8, 4) is 22.3 Å². The van der Waals surface area contributed by atoms with E-state index in [0.29, 0.717) is 7.48 Å². The second-order valence-corrected chi connectivity index (χ2v) is 9.88. The van der Waals surface area contributed by atoms with Crippen molar-refractivity contribution in [2.24, 2.45) is 0 Å². The van der Waals surface area contributed by atoms with Gasteiger partial charge >= 0.3 is 7.48 Å². The van der Waals surface area contributed by atoms with Crippen LogP contribution in [-0.2, 0) is 4.65 Å². The molecule has 1 N–H and O–H groups in total. The van der Waals surface area contributed by atoms with E-state index >= 15 is 0 Å². The minimum Gasteiger partial charge on any atom is -0.456 e. The van der Waals surface area contributed by atoms with Gasteiger partial charge in [0, 0.05) is 10.8 Å². The smallest absolute Gasteiger partial charge is 0.310 e. The topological polar surface area (TPSA) is 42.6 Å². The molecule has 170 valence electrons. The van der Waals surface area contributed by atoms with Crippen LogP contribution in [0.1, 0.15) is 27.7 Å². The molecule has 0 amide bonds. The zero-order valence-corrected chi connectivity index (χ0v) is 20.1. The fraction of sp³-hybridized carbons (Fsp3) is 0.200. The van der Waals surface area contributed by atoms with E-state index in [4.69, 9.17) is 9.07 Å². The van der Waals surface area contributed by atoms with Gasteiger partial charge < -0.3 is 14.2 Å². The van der Waals surface area contributed by atoms with E-state index in [1.54, 1.807) is 13.8 Å². The Hall–Kier alpha value is -3.34. The van der Waals surface area contributed by atoms with Crippen LogP contribution in [0.3, 0.4) is 0 Å². The summed E-state index contributed by atoms with van der Waals surface area (Å²) in [6.45, 7) is 7.39. The van der Waals surface area contributed by atoms with Crippen LogP contribution in [-0.4, -0.2) is 23.8 Å². The Labute approximate surface area is 201 Å². The van der Waals surface area contributed by atoms with Gasteiger partial charge in [0.1, 0.15) is 11.2 Å². The minimum atomic E-state index is -0.970. The third-order valence-electron chi connectivity index (χ3n) is 6.95. The number of benzene rings is 4. The number of fused-ring (bicyclic) bond motifs is 3. The van der Waals surface area contributed by atoms with Crippen molar-refractivity contribution < 1.29 is 14.2 Å². The van der Waals surface area contributed by atoms with Gasteiger partial charge in [-0.2, -0.15) is 0 Å². The van der Waals surface area contributed by atoms with Crippen LogP contribution < -0.4 is 5.46 Å². The van der Waals surface area contributed by atoms with Crippen molar-refractivity contribution in [3.63, 3.8) is 0 Å². The molecular formula is C30H29BO3. The fourth-order valence-electron chi connectivity index (χ4n) is 4.23. The molecule has 3 nitrogen and oxygen atoms in total. The molecule has 0 spiro atoms. The third kappa shape index (κ3) is 4.04. The van der Waals surface area contributed by atoms with Gasteiger partial charge in [0.25, 0.3) is 0 Å². The first-order valence-electron chi connectivity index (χ1n) is 11.7. The molecule has 0 unspecified atom stereocenters. The molecule has 0 aliphatic carbocycles. The lowest BCUT2D eigenvalue weighted by Gasteiger charge is -2.37. The highest BCUT2D eigenvalue weighted by atomic mass is 16.5. The first-order chi connectivity index (χ1) is 16.2. The van der Waals surface area contributed by atoms with Gasteiger partial charge in [0.15, 0.2) is 0 Å². The van der Waals surface area contributed by atoms with E-state index in [-0.39, 0.29) is 0 Å². The van der Waals surface area contributed by atoms with Crippen molar-refractivity contribution >= 4 is 34.9 Å². The molecule has 0 saturated carbocycles. The van der Waals surface area contributed by atoms with Gasteiger partial charge in [-0.1, -0.05) is 72.8 Å². The second kappa shape index (κ2) is 8.46. The molecular weight excluding hydrogens is 419 g/mol. The van der Waals surface area contributed by atoms with Crippen molar-refractivity contribution in [2.75, 3.05) is 0 Å². The molecule has 4 aromatic carbocycles. The summed E-state index contributed by atoms with van der Waals surface area (Å²) >= 11 is 0. The monoisotopic (exact) mass is 448 g/mol. The van der Waals surface area contributed by atoms with Crippen molar-refractivity contribution in [1.29, 1.82) is 0 Å². The first kappa shape index (κ1) is 22.5. The van der Waals surface area contributed by atoms with Gasteiger partial charge in [-0.05, 0) is 73.6 Å². The Morgan fingerprint density at radius 1 is 0.676 bits per heavy atom. The SMILES string of the molecule is CC(C)(O)C(C)(C)OBc1cccc2oc3cccc(-c4cccc(-c5ccccc5)c4)c3c12. The van der Waals surface area contributed by atoms with Crippen LogP contribution in [0, 0.1) is 0 Å². The van der Waals surface area contributed by atoms with Crippen LogP contribution in [0.25, 0.3) is 44.2 Å². The highest BCUT2D eigenvalue weighted by molar-refractivity contribution is 6.53. The highest BCUT2D eigenvalue weighted by Crippen LogP contribution is 2.37. The molecule has 0 aliphatic heterocycles. The summed E-state index contributed by atoms with van der Waals surface area (Å²) in [5.74, 6) is 0. The van der Waals surface area contributed by atoms with E-state index in [1.807, 2.05) is 44.2 Å². The maximum Gasteiger partial charge on any atom is 0.310 e. The van der Waals surface area contributed by atoms with Gasteiger partial charge in [-0.3, -0.25) is 0 Å². The zero-order chi connectivity index (χ0) is 23.9. The normalized spacial score (nSPS) is 12.4. The molecule has 0 bridgehead atoms. The van der Waals surface area contributed by atoms with Crippen LogP contribution >= 0.6 is 0 Å². The molecule has 5 aromatic rings. The second-order valence-electron chi connectivity index (χ2n) is 9.88. The summed E-state index contributed by atoms with van der Waals surface area (Å²) in [6.07, 6.45) is 0. The molecule has 0 aliphatic rings. The number of aliphatic hydroxyl groups is 1. The molecule has 34 heavy (non-hydrogen) atoms. The Morgan fingerprint density at radius 2 is 1.29 bits per heavy atom. The van der Waals surface area contributed by atoms with E-state index in [2.05, 4.69) is 60.7 Å². The van der Waals surface area contributed by atoms with Crippen LogP contribution in [0.4, 0.5) is 0 Å². The van der Waals surface area contributed by atoms with Gasteiger partial charge in [-0.25, -0.2) is 0 Å². The maximum atomic E-state index is 10.5. The fourth-order valence-corrected chi connectivity index (χ4v) is 4.23. The average molecular weight is 448 g/mol. The van der Waals surface area contributed by atoms with Gasteiger partial charge in [0.2, 0.25) is 0 Å². The molecule has 1 heterocycles. The maximum absolute atomic E-state index is 10.5. The predicted octanol–water partition coefficient (Wildman–Crippen LogP) is 6.46. The number of furan rings is 1. The van der Waals surface area contributed by atoms with Crippen molar-refractivity contribution in [1.82, 2.24) is 0 Å². The Bertz CT molecular complexity index is 1460. The van der Waals surface area contributed by atoms with Gasteiger partial charge in [0.05, 0.1) is 11.2 Å². The predicted molar refractivity (Wildman–Crippen MR) is 143 cm³/mol. The van der Waals surface area contributed by atoms with E-state index < -0.39 is 11.2 Å². The Morgan fingerprint density at radius 3 is 2.03 bits per heavy atom. The lowest BCUT2D eigenvalue weighted by atomic mass is 9.80. The summed E-state index contributed by atoms with van der Waals surface area (Å²) in [4.78, 5) is 0. The Balaban J connectivity index is 1.65. The van der Waals surface area contributed by atoms with Crippen molar-refractivity contribution in [3.05, 3.63) is 91.0 Å². The number of rotatable bonds is 6. The molecule has 0 atom stereocenters. The van der Waals surface area contributed by atoms with Crippen LogP contribution in [0.5, 0.6) is 0 Å². The quantitative estimate of drug-likeness (QED) is 0.303. The molecule has 0 fully saturated rings. The molecule has 5 rings (SSSR count). The molecule has 4 heteroatoms. The van der Waals surface area contributed by atoms with Gasteiger partial charge in [-0.15, -0.1) is 0 Å². The van der Waals surface area contributed by atoms with E-state index in [0.717, 1.165) is 38.5 Å². The summed E-state index contributed by atoms with van der Waals surface area (Å²) in [5.41, 5.74) is 5.69. The van der Waals surface area contributed by atoms with Crippen LogP contribution in [0.2, 0.25) is 0 Å². The standard InChI is InChI=1S/C30H29BO3/c1-29(2,32)30(3,4)34-31-24-16-10-18-26-28(24)27-23(15-9-17-25(27)33-26)22-14-8-13-21(19-22)20-11-6-5-7-12-20/h5-19,31-32H,1-4H3. The van der Waals surface area contributed by atoms with Crippen LogP contribution in [0.15, 0.2) is 95.4 Å². The molecule has 0 radical (unpaired) electrons. The van der Waals surface area contributed by atoms with E-state index in [1.165, 1.54) is 11.1 Å².